The molecule has 5 nitrogen and oxygen atoms in total. The molecule has 0 heterocycles. The van der Waals surface area contributed by atoms with Crippen LogP contribution >= 0.6 is 11.8 Å². The molecule has 2 rings (SSSR count). The van der Waals surface area contributed by atoms with Crippen molar-refractivity contribution >= 4 is 23.4 Å². The van der Waals surface area contributed by atoms with E-state index in [-0.39, 0.29) is 12.1 Å². The van der Waals surface area contributed by atoms with E-state index in [9.17, 15) is 20.0 Å². The van der Waals surface area contributed by atoms with Crippen molar-refractivity contribution in [3.8, 4) is 0 Å². The number of carboxylic acids is 1. The predicted molar refractivity (Wildman–Crippen MR) is 80.5 cm³/mol. The first-order valence-electron chi connectivity index (χ1n) is 6.24. The van der Waals surface area contributed by atoms with Crippen molar-refractivity contribution in [3.05, 3.63) is 70.3 Å². The summed E-state index contributed by atoms with van der Waals surface area (Å²) >= 11 is 1.24. The van der Waals surface area contributed by atoms with E-state index in [4.69, 9.17) is 0 Å². The van der Waals surface area contributed by atoms with E-state index in [1.54, 1.807) is 12.1 Å². The van der Waals surface area contributed by atoms with E-state index >= 15 is 0 Å². The third-order valence-corrected chi connectivity index (χ3v) is 4.04. The van der Waals surface area contributed by atoms with Crippen LogP contribution in [0.15, 0.2) is 59.5 Å². The normalized spacial score (nSPS) is 11.8. The van der Waals surface area contributed by atoms with Crippen LogP contribution in [-0.2, 0) is 11.2 Å². The highest BCUT2D eigenvalue weighted by molar-refractivity contribution is 8.00. The molecule has 0 aliphatic heterocycles. The molecule has 0 fully saturated rings. The largest absolute Gasteiger partial charge is 0.480 e. The second-order valence-electron chi connectivity index (χ2n) is 4.39. The lowest BCUT2D eigenvalue weighted by Gasteiger charge is -2.12. The van der Waals surface area contributed by atoms with Gasteiger partial charge in [-0.25, -0.2) is 0 Å². The zero-order valence-electron chi connectivity index (χ0n) is 11.0. The number of benzene rings is 2. The number of aliphatic carboxylic acids is 1. The number of nitrogens with zero attached hydrogens (tertiary/aromatic N) is 1. The molecular formula is C15H13NO4S. The van der Waals surface area contributed by atoms with E-state index in [0.717, 1.165) is 4.90 Å². The molecular weight excluding hydrogens is 290 g/mol. The standard InChI is InChI=1S/C15H13NO4S/c17-15(18)14(21-13-7-2-1-3-8-13)10-11-5-4-6-12(9-11)16(19)20/h1-9,14H,10H2,(H,17,18). The Bertz CT molecular complexity index is 645. The van der Waals surface area contributed by atoms with Crippen LogP contribution in [0.1, 0.15) is 5.56 Å². The van der Waals surface area contributed by atoms with Crippen LogP contribution in [0.5, 0.6) is 0 Å². The zero-order chi connectivity index (χ0) is 15.2. The molecule has 0 spiro atoms. The van der Waals surface area contributed by atoms with Crippen LogP contribution in [0.25, 0.3) is 0 Å². The van der Waals surface area contributed by atoms with Crippen LogP contribution in [-0.4, -0.2) is 21.2 Å². The molecule has 0 bridgehead atoms. The average Bonchev–Trinajstić information content (AvgIpc) is 2.48. The van der Waals surface area contributed by atoms with Crippen LogP contribution < -0.4 is 0 Å². The van der Waals surface area contributed by atoms with E-state index in [2.05, 4.69) is 0 Å². The van der Waals surface area contributed by atoms with Crippen LogP contribution in [0, 0.1) is 10.1 Å². The van der Waals surface area contributed by atoms with Gasteiger partial charge in [-0.3, -0.25) is 14.9 Å². The monoisotopic (exact) mass is 303 g/mol. The van der Waals surface area contributed by atoms with E-state index in [0.29, 0.717) is 5.56 Å². The highest BCUT2D eigenvalue weighted by atomic mass is 32.2. The van der Waals surface area contributed by atoms with Gasteiger partial charge >= 0.3 is 5.97 Å². The molecule has 1 unspecified atom stereocenters. The van der Waals surface area contributed by atoms with Gasteiger partial charge in [0.05, 0.1) is 4.92 Å². The van der Waals surface area contributed by atoms with Gasteiger partial charge in [0.2, 0.25) is 0 Å². The van der Waals surface area contributed by atoms with Gasteiger partial charge in [-0.2, -0.15) is 0 Å². The number of rotatable bonds is 6. The Morgan fingerprint density at radius 1 is 1.19 bits per heavy atom. The Balaban J connectivity index is 2.15. The van der Waals surface area contributed by atoms with Gasteiger partial charge in [-0.15, -0.1) is 11.8 Å². The fourth-order valence-corrected chi connectivity index (χ4v) is 2.87. The smallest absolute Gasteiger partial charge is 0.317 e. The van der Waals surface area contributed by atoms with Crippen molar-refractivity contribution in [1.29, 1.82) is 0 Å². The molecule has 0 aromatic heterocycles. The van der Waals surface area contributed by atoms with Gasteiger partial charge in [0.25, 0.3) is 5.69 Å². The third-order valence-electron chi connectivity index (χ3n) is 2.84. The third kappa shape index (κ3) is 4.32. The van der Waals surface area contributed by atoms with Crippen molar-refractivity contribution in [2.24, 2.45) is 0 Å². The van der Waals surface area contributed by atoms with Gasteiger partial charge in [-0.05, 0) is 24.1 Å². The maximum absolute atomic E-state index is 11.4. The number of carbonyl (C=O) groups is 1. The predicted octanol–water partition coefficient (Wildman–Crippen LogP) is 3.38. The lowest BCUT2D eigenvalue weighted by Crippen LogP contribution is -2.19. The number of thioether (sulfide) groups is 1. The molecule has 0 saturated heterocycles. The number of hydrogen-bond acceptors (Lipinski definition) is 4. The van der Waals surface area contributed by atoms with E-state index < -0.39 is 16.1 Å². The van der Waals surface area contributed by atoms with Crippen LogP contribution in [0.2, 0.25) is 0 Å². The number of hydrogen-bond donors (Lipinski definition) is 1. The fourth-order valence-electron chi connectivity index (χ4n) is 1.85. The topological polar surface area (TPSA) is 80.4 Å². The SMILES string of the molecule is O=C(O)C(Cc1cccc([N+](=O)[O-])c1)Sc1ccccc1. The summed E-state index contributed by atoms with van der Waals surface area (Å²) in [6, 6.07) is 15.3. The molecule has 21 heavy (non-hydrogen) atoms. The molecule has 2 aromatic carbocycles. The maximum atomic E-state index is 11.4. The summed E-state index contributed by atoms with van der Waals surface area (Å²) in [6.45, 7) is 0. The first-order chi connectivity index (χ1) is 10.1. The van der Waals surface area contributed by atoms with Crippen LogP contribution in [0.4, 0.5) is 5.69 Å². The Hall–Kier alpha value is -2.34. The molecule has 1 N–H and O–H groups in total. The number of carboxylic acid groups (broad SMARTS) is 1. The summed E-state index contributed by atoms with van der Waals surface area (Å²) in [7, 11) is 0. The van der Waals surface area contributed by atoms with Crippen molar-refractivity contribution in [3.63, 3.8) is 0 Å². The number of nitro benzene ring substituents is 1. The minimum atomic E-state index is -0.935. The first-order valence-corrected chi connectivity index (χ1v) is 7.12. The Morgan fingerprint density at radius 3 is 2.52 bits per heavy atom. The first kappa shape index (κ1) is 15.1. The Kier molecular flexibility index (Phi) is 4.94. The van der Waals surface area contributed by atoms with Crippen molar-refractivity contribution in [1.82, 2.24) is 0 Å². The van der Waals surface area contributed by atoms with Gasteiger partial charge in [0.1, 0.15) is 5.25 Å². The quantitative estimate of drug-likeness (QED) is 0.502. The van der Waals surface area contributed by atoms with Crippen molar-refractivity contribution in [2.45, 2.75) is 16.6 Å². The second-order valence-corrected chi connectivity index (χ2v) is 5.67. The van der Waals surface area contributed by atoms with Gasteiger partial charge < -0.3 is 5.11 Å². The van der Waals surface area contributed by atoms with Crippen molar-refractivity contribution in [2.75, 3.05) is 0 Å². The Labute approximate surface area is 125 Å². The molecule has 2 aromatic rings. The summed E-state index contributed by atoms with van der Waals surface area (Å²) in [5.41, 5.74) is 0.612. The minimum Gasteiger partial charge on any atom is -0.480 e. The molecule has 0 aliphatic carbocycles. The zero-order valence-corrected chi connectivity index (χ0v) is 11.8. The minimum absolute atomic E-state index is 0.0265. The molecule has 1 atom stereocenters. The highest BCUT2D eigenvalue weighted by Crippen LogP contribution is 2.26. The second kappa shape index (κ2) is 6.90. The lowest BCUT2D eigenvalue weighted by atomic mass is 10.1. The van der Waals surface area contributed by atoms with Crippen molar-refractivity contribution < 1.29 is 14.8 Å². The Morgan fingerprint density at radius 2 is 1.90 bits per heavy atom. The molecule has 0 radical (unpaired) electrons. The summed E-state index contributed by atoms with van der Waals surface area (Å²) in [4.78, 5) is 22.5. The van der Waals surface area contributed by atoms with Crippen LogP contribution in [0.3, 0.4) is 0 Å². The lowest BCUT2D eigenvalue weighted by molar-refractivity contribution is -0.384. The van der Waals surface area contributed by atoms with Gasteiger partial charge in [0, 0.05) is 17.0 Å². The molecule has 108 valence electrons. The van der Waals surface area contributed by atoms with E-state index in [1.807, 2.05) is 30.3 Å². The summed E-state index contributed by atoms with van der Waals surface area (Å²) in [5, 5.41) is 19.4. The van der Waals surface area contributed by atoms with Gasteiger partial charge in [-0.1, -0.05) is 30.3 Å². The molecule has 0 aliphatic rings. The number of nitro groups is 1. The fraction of sp³-hybridized carbons (Fsp3) is 0.133. The van der Waals surface area contributed by atoms with Gasteiger partial charge in [0.15, 0.2) is 0 Å². The summed E-state index contributed by atoms with van der Waals surface area (Å²) in [6.07, 6.45) is 0.233. The molecule has 0 amide bonds. The molecule has 0 saturated carbocycles. The maximum Gasteiger partial charge on any atom is 0.317 e. The average molecular weight is 303 g/mol. The summed E-state index contributed by atoms with van der Waals surface area (Å²) in [5.74, 6) is -0.935. The number of non-ortho nitro benzene ring substituents is 1. The molecule has 6 heteroatoms. The van der Waals surface area contributed by atoms with E-state index in [1.165, 1.54) is 23.9 Å². The summed E-state index contributed by atoms with van der Waals surface area (Å²) < 4.78 is 0. The highest BCUT2D eigenvalue weighted by Gasteiger charge is 2.20.